The molecule has 5 nitrogen and oxygen atoms in total. The minimum atomic E-state index is 0.626. The van der Waals surface area contributed by atoms with Gasteiger partial charge in [0.1, 0.15) is 11.2 Å². The van der Waals surface area contributed by atoms with Gasteiger partial charge in [-0.3, -0.25) is 0 Å². The van der Waals surface area contributed by atoms with E-state index in [9.17, 15) is 0 Å². The van der Waals surface area contributed by atoms with Gasteiger partial charge >= 0.3 is 0 Å². The molecule has 0 spiro atoms. The fraction of sp³-hybridized carbons (Fsp3) is 0. The first-order chi connectivity index (χ1) is 29.2. The molecule has 0 bridgehead atoms. The Labute approximate surface area is 338 Å². The van der Waals surface area contributed by atoms with E-state index in [0.29, 0.717) is 17.5 Å². The zero-order valence-corrected chi connectivity index (χ0v) is 31.7. The molecule has 0 atom stereocenters. The summed E-state index contributed by atoms with van der Waals surface area (Å²) in [6.07, 6.45) is 0. The summed E-state index contributed by atoms with van der Waals surface area (Å²) < 4.78 is 6.54. The predicted molar refractivity (Wildman–Crippen MR) is 242 cm³/mol. The van der Waals surface area contributed by atoms with Gasteiger partial charge in [-0.2, -0.15) is 0 Å². The van der Waals surface area contributed by atoms with Crippen molar-refractivity contribution in [3.63, 3.8) is 0 Å². The largest absolute Gasteiger partial charge is 0.455 e. The molecule has 0 saturated carbocycles. The van der Waals surface area contributed by atoms with Crippen molar-refractivity contribution in [2.45, 2.75) is 0 Å². The standard InChI is InChI=1S/C54H32N4O/c1-3-15-39-35(11-1)13-9-19-43(39)53-56-52(57-54(58-53)44-20-10-14-36-12-2-4-16-40(36)44)38-29-25-34(26-30-38)33-23-27-37(28-24-33)50-46-32-31-42-41-17-6-8-22-48(41)59-51(42)49(46)45-18-5-7-21-47(45)55-50/h1-32H. The molecule has 274 valence electrons. The van der Waals surface area contributed by atoms with Gasteiger partial charge in [-0.1, -0.05) is 176 Å². The second-order valence-corrected chi connectivity index (χ2v) is 15.0. The van der Waals surface area contributed by atoms with E-state index in [0.717, 1.165) is 104 Å². The third kappa shape index (κ3) is 5.47. The number of furan rings is 1. The van der Waals surface area contributed by atoms with Gasteiger partial charge in [-0.05, 0) is 50.9 Å². The minimum absolute atomic E-state index is 0.626. The number of benzene rings is 9. The molecule has 0 aliphatic heterocycles. The highest BCUT2D eigenvalue weighted by molar-refractivity contribution is 6.24. The van der Waals surface area contributed by atoms with Crippen molar-refractivity contribution in [2.75, 3.05) is 0 Å². The van der Waals surface area contributed by atoms with Crippen molar-refractivity contribution in [1.82, 2.24) is 19.9 Å². The average Bonchev–Trinajstić information content (AvgIpc) is 3.70. The van der Waals surface area contributed by atoms with Crippen LogP contribution in [0.1, 0.15) is 0 Å². The summed E-state index contributed by atoms with van der Waals surface area (Å²) in [6.45, 7) is 0. The maximum atomic E-state index is 6.54. The highest BCUT2D eigenvalue weighted by Crippen LogP contribution is 2.41. The Morgan fingerprint density at radius 2 is 0.797 bits per heavy atom. The van der Waals surface area contributed by atoms with Crippen molar-refractivity contribution in [2.24, 2.45) is 0 Å². The zero-order valence-electron chi connectivity index (χ0n) is 31.7. The monoisotopic (exact) mass is 752 g/mol. The fourth-order valence-electron chi connectivity index (χ4n) is 8.66. The number of hydrogen-bond acceptors (Lipinski definition) is 5. The third-order valence-electron chi connectivity index (χ3n) is 11.5. The number of fused-ring (bicyclic) bond motifs is 9. The third-order valence-corrected chi connectivity index (χ3v) is 11.5. The molecule has 0 amide bonds. The van der Waals surface area contributed by atoms with Crippen LogP contribution in [0.3, 0.4) is 0 Å². The van der Waals surface area contributed by atoms with Crippen molar-refractivity contribution in [3.8, 4) is 56.5 Å². The van der Waals surface area contributed by atoms with Crippen molar-refractivity contribution in [1.29, 1.82) is 0 Å². The summed E-state index contributed by atoms with van der Waals surface area (Å²) in [5.74, 6) is 1.91. The van der Waals surface area contributed by atoms with E-state index >= 15 is 0 Å². The summed E-state index contributed by atoms with van der Waals surface area (Å²) in [5.41, 5.74) is 9.76. The van der Waals surface area contributed by atoms with Gasteiger partial charge < -0.3 is 4.42 Å². The van der Waals surface area contributed by atoms with E-state index in [4.69, 9.17) is 24.4 Å². The predicted octanol–water partition coefficient (Wildman–Crippen LogP) is 14.1. The van der Waals surface area contributed by atoms with Crippen LogP contribution in [-0.4, -0.2) is 19.9 Å². The highest BCUT2D eigenvalue weighted by Gasteiger charge is 2.19. The van der Waals surface area contributed by atoms with Crippen LogP contribution in [-0.2, 0) is 0 Å². The Morgan fingerprint density at radius 3 is 1.46 bits per heavy atom. The molecule has 0 aliphatic carbocycles. The summed E-state index contributed by atoms with van der Waals surface area (Å²) in [6, 6.07) is 67.4. The summed E-state index contributed by atoms with van der Waals surface area (Å²) >= 11 is 0. The van der Waals surface area contributed by atoms with Crippen molar-refractivity contribution in [3.05, 3.63) is 194 Å². The van der Waals surface area contributed by atoms with E-state index in [2.05, 4.69) is 176 Å². The smallest absolute Gasteiger partial charge is 0.164 e. The van der Waals surface area contributed by atoms with Crippen LogP contribution in [0.4, 0.5) is 0 Å². The number of para-hydroxylation sites is 2. The normalized spacial score (nSPS) is 11.7. The van der Waals surface area contributed by atoms with Crippen LogP contribution in [0, 0.1) is 0 Å². The molecule has 59 heavy (non-hydrogen) atoms. The number of rotatable bonds is 5. The van der Waals surface area contributed by atoms with Crippen LogP contribution in [0.15, 0.2) is 199 Å². The molecule has 9 aromatic carbocycles. The molecule has 0 fully saturated rings. The van der Waals surface area contributed by atoms with E-state index < -0.39 is 0 Å². The Morgan fingerprint density at radius 1 is 0.305 bits per heavy atom. The van der Waals surface area contributed by atoms with Crippen LogP contribution >= 0.6 is 0 Å². The van der Waals surface area contributed by atoms with Gasteiger partial charge in [0, 0.05) is 49.2 Å². The lowest BCUT2D eigenvalue weighted by Crippen LogP contribution is -2.01. The maximum absolute atomic E-state index is 6.54. The van der Waals surface area contributed by atoms with Gasteiger partial charge in [0.15, 0.2) is 17.5 Å². The molecule has 0 unspecified atom stereocenters. The lowest BCUT2D eigenvalue weighted by molar-refractivity contribution is 0.673. The molecule has 12 rings (SSSR count). The van der Waals surface area contributed by atoms with Gasteiger partial charge in [0.25, 0.3) is 0 Å². The second-order valence-electron chi connectivity index (χ2n) is 15.0. The van der Waals surface area contributed by atoms with Crippen LogP contribution in [0.5, 0.6) is 0 Å². The quantitative estimate of drug-likeness (QED) is 0.164. The first-order valence-corrected chi connectivity index (χ1v) is 19.8. The first-order valence-electron chi connectivity index (χ1n) is 19.8. The number of aromatic nitrogens is 4. The zero-order chi connectivity index (χ0) is 38.9. The Bertz CT molecular complexity index is 3500. The van der Waals surface area contributed by atoms with E-state index in [1.54, 1.807) is 0 Å². The van der Waals surface area contributed by atoms with E-state index in [-0.39, 0.29) is 0 Å². The number of nitrogens with zero attached hydrogens (tertiary/aromatic N) is 4. The van der Waals surface area contributed by atoms with Gasteiger partial charge in [0.2, 0.25) is 0 Å². The van der Waals surface area contributed by atoms with E-state index in [1.165, 1.54) is 0 Å². The van der Waals surface area contributed by atoms with E-state index in [1.807, 2.05) is 18.2 Å². The van der Waals surface area contributed by atoms with Crippen LogP contribution < -0.4 is 0 Å². The molecular formula is C54H32N4O. The minimum Gasteiger partial charge on any atom is -0.455 e. The average molecular weight is 753 g/mol. The molecule has 5 heteroatoms. The molecule has 12 aromatic rings. The molecule has 3 heterocycles. The van der Waals surface area contributed by atoms with Crippen molar-refractivity contribution >= 4 is 65.2 Å². The number of pyridine rings is 1. The van der Waals surface area contributed by atoms with Crippen molar-refractivity contribution < 1.29 is 4.42 Å². The topological polar surface area (TPSA) is 64.7 Å². The maximum Gasteiger partial charge on any atom is 0.164 e. The first kappa shape index (κ1) is 33.2. The summed E-state index contributed by atoms with van der Waals surface area (Å²) in [4.78, 5) is 20.6. The van der Waals surface area contributed by atoms with Crippen LogP contribution in [0.25, 0.3) is 122 Å². The SMILES string of the molecule is c1ccc2c(-c3nc(-c4ccc(-c5ccc(-c6nc7ccccc7c7c6ccc6c8ccccc8oc67)cc5)cc4)nc(-c4cccc5ccccc45)n3)cccc2c1. The van der Waals surface area contributed by atoms with Gasteiger partial charge in [0.05, 0.1) is 11.2 Å². The Kier molecular flexibility index (Phi) is 7.47. The Hall–Kier alpha value is -8.02. The van der Waals surface area contributed by atoms with Crippen LogP contribution in [0.2, 0.25) is 0 Å². The lowest BCUT2D eigenvalue weighted by atomic mass is 9.96. The highest BCUT2D eigenvalue weighted by atomic mass is 16.3. The fourth-order valence-corrected chi connectivity index (χ4v) is 8.66. The molecule has 0 N–H and O–H groups in total. The number of hydrogen-bond donors (Lipinski definition) is 0. The molecule has 0 aliphatic rings. The molecule has 0 saturated heterocycles. The Balaban J connectivity index is 0.940. The molecule has 0 radical (unpaired) electrons. The summed E-state index contributed by atoms with van der Waals surface area (Å²) in [5, 5.41) is 9.95. The summed E-state index contributed by atoms with van der Waals surface area (Å²) in [7, 11) is 0. The lowest BCUT2D eigenvalue weighted by Gasteiger charge is -2.12. The van der Waals surface area contributed by atoms with Gasteiger partial charge in [-0.15, -0.1) is 0 Å². The van der Waals surface area contributed by atoms with Gasteiger partial charge in [-0.25, -0.2) is 19.9 Å². The second kappa shape index (κ2) is 13.3. The molecular weight excluding hydrogens is 721 g/mol. The molecule has 3 aromatic heterocycles.